The first kappa shape index (κ1) is 25.3. The van der Waals surface area contributed by atoms with Gasteiger partial charge < -0.3 is 9.32 Å². The summed E-state index contributed by atoms with van der Waals surface area (Å²) in [6, 6.07) is 17.3. The number of thioether (sulfide) groups is 1. The van der Waals surface area contributed by atoms with Gasteiger partial charge in [0, 0.05) is 29.1 Å². The maximum atomic E-state index is 8.49. The van der Waals surface area contributed by atoms with Crippen molar-refractivity contribution in [1.29, 1.82) is 0 Å². The van der Waals surface area contributed by atoms with Crippen LogP contribution >= 0.6 is 11.8 Å². The first-order valence-electron chi connectivity index (χ1n) is 10.6. The van der Waals surface area contributed by atoms with Crippen LogP contribution in [0.2, 0.25) is 0 Å². The summed E-state index contributed by atoms with van der Waals surface area (Å²) in [5.74, 6) is 1.84. The maximum absolute atomic E-state index is 8.49. The number of aryl methyl sites for hydroxylation is 1. The van der Waals surface area contributed by atoms with Crippen LogP contribution in [0.5, 0.6) is 0 Å². The van der Waals surface area contributed by atoms with E-state index < -0.39 is 10.2 Å². The molecule has 0 aromatic heterocycles. The molecule has 2 aliphatic heterocycles. The predicted molar refractivity (Wildman–Crippen MR) is 120 cm³/mol. The van der Waals surface area contributed by atoms with Gasteiger partial charge in [0.25, 0.3) is 0 Å². The van der Waals surface area contributed by atoms with Gasteiger partial charge in [0.2, 0.25) is 5.36 Å². The first-order chi connectivity index (χ1) is 15.6. The standard InChI is InChI=1S/C24H27N2OS.ClHO4/c1-5-25(6-2)18-12-13-20-17(4)14-19(27-22(20)15-18)16-24-26(7-3)21-10-8-9-11-23(21)28-24;2-1(3,4)5/h8-16H,5-7H2,1-4H3;(H,2,3,4,5)/q+1;/p-1. The molecule has 1 aromatic rings. The van der Waals surface area contributed by atoms with E-state index in [0.29, 0.717) is 0 Å². The number of hydrogen-bond acceptors (Lipinski definition) is 7. The highest BCUT2D eigenvalue weighted by Crippen LogP contribution is 2.46. The van der Waals surface area contributed by atoms with Gasteiger partial charge in [-0.2, -0.15) is 0 Å². The first-order valence-corrected chi connectivity index (χ1v) is 12.7. The van der Waals surface area contributed by atoms with Crippen LogP contribution < -0.4 is 33.5 Å². The number of rotatable bonds is 4. The molecule has 3 aliphatic rings. The molecule has 1 aliphatic carbocycles. The largest absolute Gasteiger partial charge is 0.456 e. The average Bonchev–Trinajstić information content (AvgIpc) is 3.10. The molecule has 0 radical (unpaired) electrons. The SMILES string of the molecule is CCN1/C(=C/c2cc(C)c3ccc(=[N+](CC)CC)cc-3o2)Sc2ccccc21.[O-][Cl+3]([O-])([O-])[O-]. The predicted octanol–water partition coefficient (Wildman–Crippen LogP) is 0.679. The minimum atomic E-state index is -4.94. The summed E-state index contributed by atoms with van der Waals surface area (Å²) in [7, 11) is -4.94. The van der Waals surface area contributed by atoms with Gasteiger partial charge in [0.05, 0.1) is 16.8 Å². The smallest absolute Gasteiger partial charge is 0.203 e. The molecule has 0 saturated carbocycles. The fraction of sp³-hybridized carbons (Fsp3) is 0.292. The average molecular weight is 491 g/mol. The van der Waals surface area contributed by atoms with Gasteiger partial charge in [-0.1, -0.05) is 23.9 Å². The van der Waals surface area contributed by atoms with Crippen LogP contribution in [0.25, 0.3) is 17.4 Å². The summed E-state index contributed by atoms with van der Waals surface area (Å²) in [5.41, 5.74) is 3.69. The van der Waals surface area contributed by atoms with Crippen LogP contribution in [0.4, 0.5) is 5.69 Å². The summed E-state index contributed by atoms with van der Waals surface area (Å²) in [4.78, 5) is 3.65. The molecular weight excluding hydrogens is 464 g/mol. The third-order valence-corrected chi connectivity index (χ3v) is 6.44. The fourth-order valence-corrected chi connectivity index (χ4v) is 5.00. The van der Waals surface area contributed by atoms with Crippen molar-refractivity contribution in [2.24, 2.45) is 0 Å². The molecule has 0 spiro atoms. The normalized spacial score (nSPS) is 14.3. The number of benzene rings is 2. The molecule has 0 N–H and O–H groups in total. The zero-order valence-corrected chi connectivity index (χ0v) is 20.6. The highest BCUT2D eigenvalue weighted by molar-refractivity contribution is 8.03. The van der Waals surface area contributed by atoms with Crippen LogP contribution in [0.15, 0.2) is 62.9 Å². The van der Waals surface area contributed by atoms with Gasteiger partial charge >= 0.3 is 0 Å². The van der Waals surface area contributed by atoms with Crippen LogP contribution in [0.3, 0.4) is 0 Å². The van der Waals surface area contributed by atoms with Gasteiger partial charge in [0.1, 0.15) is 24.6 Å². The topological polar surface area (TPSA) is 112 Å². The molecule has 0 amide bonds. The number of para-hydroxylation sites is 1. The van der Waals surface area contributed by atoms with E-state index in [9.17, 15) is 0 Å². The second-order valence-electron chi connectivity index (χ2n) is 7.36. The summed E-state index contributed by atoms with van der Waals surface area (Å²) < 4.78 is 42.7. The van der Waals surface area contributed by atoms with E-state index >= 15 is 0 Å². The molecule has 33 heavy (non-hydrogen) atoms. The van der Waals surface area contributed by atoms with Crippen molar-refractivity contribution in [1.82, 2.24) is 4.58 Å². The molecule has 2 heterocycles. The van der Waals surface area contributed by atoms with E-state index in [1.54, 1.807) is 0 Å². The van der Waals surface area contributed by atoms with Crippen LogP contribution in [0.1, 0.15) is 32.1 Å². The summed E-state index contributed by atoms with van der Waals surface area (Å²) in [6.07, 6.45) is 2.17. The highest BCUT2D eigenvalue weighted by Gasteiger charge is 2.24. The molecule has 0 saturated heterocycles. The van der Waals surface area contributed by atoms with E-state index in [4.69, 9.17) is 23.1 Å². The number of nitrogens with zero attached hydrogens (tertiary/aromatic N) is 2. The third-order valence-electron chi connectivity index (χ3n) is 5.32. The Morgan fingerprint density at radius 2 is 1.67 bits per heavy atom. The molecule has 0 fully saturated rings. The zero-order valence-electron chi connectivity index (χ0n) is 19.0. The molecule has 1 aromatic carbocycles. The van der Waals surface area contributed by atoms with E-state index in [0.717, 1.165) is 31.2 Å². The minimum absolute atomic E-state index is 0.899. The van der Waals surface area contributed by atoms with Gasteiger partial charge in [0.15, 0.2) is 0 Å². The lowest BCUT2D eigenvalue weighted by atomic mass is 10.0. The summed E-state index contributed by atoms with van der Waals surface area (Å²) in [6.45, 7) is 11.6. The Morgan fingerprint density at radius 3 is 2.30 bits per heavy atom. The molecule has 176 valence electrons. The monoisotopic (exact) mass is 490 g/mol. The Kier molecular flexibility index (Phi) is 8.23. The van der Waals surface area contributed by atoms with Crippen molar-refractivity contribution in [3.05, 3.63) is 70.2 Å². The quantitative estimate of drug-likeness (QED) is 0.494. The van der Waals surface area contributed by atoms with Crippen LogP contribution in [-0.4, -0.2) is 19.6 Å². The lowest BCUT2D eigenvalue weighted by Gasteiger charge is -2.18. The Bertz CT molecular complexity index is 1170. The van der Waals surface area contributed by atoms with Crippen molar-refractivity contribution in [3.8, 4) is 11.3 Å². The molecular formula is C24H27ClN2O5S. The Hall–Kier alpha value is -2.33. The Morgan fingerprint density at radius 1 is 1.00 bits per heavy atom. The van der Waals surface area contributed by atoms with E-state index in [1.165, 1.54) is 32.1 Å². The van der Waals surface area contributed by atoms with Crippen molar-refractivity contribution >= 4 is 23.5 Å². The van der Waals surface area contributed by atoms with Crippen molar-refractivity contribution in [3.63, 3.8) is 0 Å². The zero-order chi connectivity index (χ0) is 24.2. The minimum Gasteiger partial charge on any atom is -0.456 e. The van der Waals surface area contributed by atoms with E-state index in [1.807, 2.05) is 11.8 Å². The van der Waals surface area contributed by atoms with Crippen molar-refractivity contribution < 1.29 is 33.3 Å². The third kappa shape index (κ3) is 6.38. The Balaban J connectivity index is 0.000000555. The van der Waals surface area contributed by atoms with Gasteiger partial charge in [-0.3, -0.25) is 0 Å². The molecule has 0 bridgehead atoms. The number of fused-ring (bicyclic) bond motifs is 2. The number of hydrogen-bond donors (Lipinski definition) is 0. The lowest BCUT2D eigenvalue weighted by Crippen LogP contribution is -2.68. The molecule has 7 nitrogen and oxygen atoms in total. The van der Waals surface area contributed by atoms with Crippen molar-refractivity contribution in [2.75, 3.05) is 24.5 Å². The Labute approximate surface area is 200 Å². The summed E-state index contributed by atoms with van der Waals surface area (Å²) >= 11 is 1.81. The van der Waals surface area contributed by atoms with Crippen LogP contribution in [0, 0.1) is 17.2 Å². The maximum Gasteiger partial charge on any atom is 0.203 e. The lowest BCUT2D eigenvalue weighted by molar-refractivity contribution is -2.00. The number of anilines is 1. The second kappa shape index (κ2) is 10.7. The van der Waals surface area contributed by atoms with Gasteiger partial charge in [-0.25, -0.2) is 23.2 Å². The second-order valence-corrected chi connectivity index (χ2v) is 9.18. The fourth-order valence-electron chi connectivity index (χ4n) is 3.83. The highest BCUT2D eigenvalue weighted by atomic mass is 35.7. The molecule has 0 unspecified atom stereocenters. The molecule has 0 atom stereocenters. The van der Waals surface area contributed by atoms with E-state index in [2.05, 4.69) is 91.8 Å². The summed E-state index contributed by atoms with van der Waals surface area (Å²) in [5, 5.41) is 2.43. The molecule has 4 rings (SSSR count). The number of halogens is 1. The van der Waals surface area contributed by atoms with Gasteiger partial charge in [-0.05, 0) is 57.5 Å². The van der Waals surface area contributed by atoms with Crippen LogP contribution in [-0.2, 0) is 0 Å². The van der Waals surface area contributed by atoms with E-state index in [-0.39, 0.29) is 0 Å². The molecule has 9 heteroatoms. The van der Waals surface area contributed by atoms with Gasteiger partial charge in [-0.15, -0.1) is 10.2 Å². The van der Waals surface area contributed by atoms with Crippen molar-refractivity contribution in [2.45, 2.75) is 32.6 Å².